The van der Waals surface area contributed by atoms with Gasteiger partial charge in [-0.05, 0) is 39.3 Å². The van der Waals surface area contributed by atoms with Crippen LogP contribution in [0.25, 0.3) is 0 Å². The summed E-state index contributed by atoms with van der Waals surface area (Å²) in [4.78, 5) is 16.1. The van der Waals surface area contributed by atoms with E-state index in [4.69, 9.17) is 4.74 Å². The van der Waals surface area contributed by atoms with Crippen LogP contribution in [-0.4, -0.2) is 56.8 Å². The molecule has 0 bridgehead atoms. The van der Waals surface area contributed by atoms with Crippen molar-refractivity contribution in [3.63, 3.8) is 0 Å². The molecule has 0 saturated carbocycles. The highest BCUT2D eigenvalue weighted by atomic mass is 16.5. The maximum Gasteiger partial charge on any atom is 0.218 e. The average molecular weight is 400 g/mol. The summed E-state index contributed by atoms with van der Waals surface area (Å²) >= 11 is 0. The van der Waals surface area contributed by atoms with Crippen LogP contribution >= 0.6 is 0 Å². The number of nitrogens with one attached hydrogen (secondary N) is 2. The van der Waals surface area contributed by atoms with Crippen molar-refractivity contribution in [3.05, 3.63) is 58.4 Å². The number of hydrogen-bond donors (Lipinski definition) is 2. The summed E-state index contributed by atoms with van der Waals surface area (Å²) < 4.78 is 7.54. The number of nitrogens with zero attached hydrogens (tertiary/aromatic N) is 1. The number of hydrogen-bond acceptors (Lipinski definition) is 2. The molecule has 1 aliphatic rings. The van der Waals surface area contributed by atoms with Gasteiger partial charge in [-0.1, -0.05) is 24.3 Å². The smallest absolute Gasteiger partial charge is 0.218 e. The average Bonchev–Trinajstić information content (AvgIpc) is 2.99. The molecule has 0 aliphatic carbocycles. The normalized spacial score (nSPS) is 20.6. The lowest BCUT2D eigenvalue weighted by atomic mass is 10.1. The minimum absolute atomic E-state index is 0.238. The number of carbonyl (C=O) groups is 1. The first-order valence-electron chi connectivity index (χ1n) is 10.8. The number of carbonyl (C=O) groups excluding carboxylic acids is 1. The number of Topliss-reactive ketones (excluding diaryl/α,β-unsaturated/α-hetero) is 1. The van der Waals surface area contributed by atoms with E-state index in [1.807, 2.05) is 0 Å². The quantitative estimate of drug-likeness (QED) is 0.645. The van der Waals surface area contributed by atoms with Crippen LogP contribution in [0.2, 0.25) is 0 Å². The standard InChI is InChI=1S/C24H35N3O2/c1-18-8-6-7-9-22(18)15-25-10-12-26(13-11-25)16-24(28)23-14-19(2)27(21(23)4)20(3)17-29-5/h6-9,14,20H,10-13,15-17H2,1-5H3/p+2/t20-/m1/s1. The van der Waals surface area contributed by atoms with E-state index in [1.165, 1.54) is 16.0 Å². The van der Waals surface area contributed by atoms with Gasteiger partial charge in [0, 0.05) is 29.6 Å². The summed E-state index contributed by atoms with van der Waals surface area (Å²) in [5, 5.41) is 0. The fourth-order valence-electron chi connectivity index (χ4n) is 4.76. The number of ketones is 1. The summed E-state index contributed by atoms with van der Waals surface area (Å²) in [6, 6.07) is 11.0. The Hall–Kier alpha value is -1.95. The van der Waals surface area contributed by atoms with Gasteiger partial charge in [-0.25, -0.2) is 0 Å². The zero-order chi connectivity index (χ0) is 21.0. The number of aryl methyl sites for hydroxylation is 2. The Balaban J connectivity index is 1.56. The zero-order valence-electron chi connectivity index (χ0n) is 18.7. The van der Waals surface area contributed by atoms with E-state index >= 15 is 0 Å². The lowest BCUT2D eigenvalue weighted by molar-refractivity contribution is -1.01. The number of methoxy groups -OCH3 is 1. The molecule has 1 aromatic carbocycles. The Labute approximate surface area is 175 Å². The maximum absolute atomic E-state index is 13.0. The second-order valence-electron chi connectivity index (χ2n) is 8.66. The second kappa shape index (κ2) is 9.70. The molecule has 1 fully saturated rings. The largest absolute Gasteiger partial charge is 0.383 e. The van der Waals surface area contributed by atoms with Crippen molar-refractivity contribution >= 4 is 5.78 Å². The number of rotatable bonds is 8. The van der Waals surface area contributed by atoms with Crippen LogP contribution in [0.4, 0.5) is 0 Å². The van der Waals surface area contributed by atoms with Crippen LogP contribution in [0.5, 0.6) is 0 Å². The fraction of sp³-hybridized carbons (Fsp3) is 0.542. The van der Waals surface area contributed by atoms with E-state index in [2.05, 4.69) is 62.6 Å². The summed E-state index contributed by atoms with van der Waals surface area (Å²) in [6.45, 7) is 15.2. The number of quaternary nitrogens is 2. The molecular formula is C24H37N3O2+2. The molecule has 2 aromatic rings. The summed E-state index contributed by atoms with van der Waals surface area (Å²) in [6.07, 6.45) is 0. The van der Waals surface area contributed by atoms with E-state index in [9.17, 15) is 4.79 Å². The molecule has 2 N–H and O–H groups in total. The van der Waals surface area contributed by atoms with Gasteiger partial charge in [0.05, 0.1) is 12.6 Å². The predicted octanol–water partition coefficient (Wildman–Crippen LogP) is 0.787. The van der Waals surface area contributed by atoms with Gasteiger partial charge < -0.3 is 19.1 Å². The minimum atomic E-state index is 0.238. The molecular weight excluding hydrogens is 362 g/mol. The molecule has 29 heavy (non-hydrogen) atoms. The maximum atomic E-state index is 13.0. The van der Waals surface area contributed by atoms with E-state index in [0.717, 1.165) is 49.7 Å². The molecule has 5 nitrogen and oxygen atoms in total. The van der Waals surface area contributed by atoms with Gasteiger partial charge >= 0.3 is 0 Å². The van der Waals surface area contributed by atoms with Gasteiger partial charge in [-0.2, -0.15) is 0 Å². The van der Waals surface area contributed by atoms with Crippen molar-refractivity contribution in [3.8, 4) is 0 Å². The van der Waals surface area contributed by atoms with Gasteiger partial charge in [-0.15, -0.1) is 0 Å². The number of benzene rings is 1. The summed E-state index contributed by atoms with van der Waals surface area (Å²) in [5.41, 5.74) is 5.91. The van der Waals surface area contributed by atoms with Crippen molar-refractivity contribution in [1.29, 1.82) is 0 Å². The third-order valence-electron chi connectivity index (χ3n) is 6.41. The highest BCUT2D eigenvalue weighted by Crippen LogP contribution is 2.20. The third-order valence-corrected chi connectivity index (χ3v) is 6.41. The van der Waals surface area contributed by atoms with E-state index in [0.29, 0.717) is 13.2 Å². The van der Waals surface area contributed by atoms with Gasteiger partial charge in [0.25, 0.3) is 0 Å². The van der Waals surface area contributed by atoms with Crippen LogP contribution in [0, 0.1) is 20.8 Å². The van der Waals surface area contributed by atoms with Crippen molar-refractivity contribution in [1.82, 2.24) is 4.57 Å². The van der Waals surface area contributed by atoms with Gasteiger partial charge in [-0.3, -0.25) is 4.79 Å². The first-order valence-corrected chi connectivity index (χ1v) is 10.8. The van der Waals surface area contributed by atoms with Crippen molar-refractivity contribution in [2.24, 2.45) is 0 Å². The SMILES string of the molecule is COC[C@@H](C)n1c(C)cc(C(=O)C[NH+]2CC[NH+](Cc3ccccc3C)CC2)c1C. The fourth-order valence-corrected chi connectivity index (χ4v) is 4.76. The Morgan fingerprint density at radius 1 is 1.10 bits per heavy atom. The van der Waals surface area contributed by atoms with Gasteiger partial charge in [0.2, 0.25) is 5.78 Å². The molecule has 1 atom stereocenters. The third kappa shape index (κ3) is 5.16. The molecule has 158 valence electrons. The highest BCUT2D eigenvalue weighted by Gasteiger charge is 2.27. The Bertz CT molecular complexity index is 835. The Kier molecular flexibility index (Phi) is 7.28. The number of ether oxygens (including phenoxy) is 1. The number of piperazine rings is 1. The molecule has 0 amide bonds. The van der Waals surface area contributed by atoms with Crippen molar-refractivity contribution in [2.75, 3.05) is 46.4 Å². The minimum Gasteiger partial charge on any atom is -0.383 e. The van der Waals surface area contributed by atoms with Crippen LogP contribution in [0.15, 0.2) is 30.3 Å². The van der Waals surface area contributed by atoms with Crippen LogP contribution in [0.3, 0.4) is 0 Å². The molecule has 3 rings (SSSR count). The topological polar surface area (TPSA) is 40.1 Å². The summed E-state index contributed by atoms with van der Waals surface area (Å²) in [7, 11) is 1.72. The molecule has 0 radical (unpaired) electrons. The van der Waals surface area contributed by atoms with Crippen molar-refractivity contribution < 1.29 is 19.3 Å². The first kappa shape index (κ1) is 21.8. The van der Waals surface area contributed by atoms with Crippen LogP contribution < -0.4 is 9.80 Å². The molecule has 5 heteroatoms. The molecule has 2 heterocycles. The highest BCUT2D eigenvalue weighted by molar-refractivity contribution is 5.98. The van der Waals surface area contributed by atoms with Crippen LogP contribution in [0.1, 0.15) is 45.8 Å². The molecule has 0 spiro atoms. The van der Waals surface area contributed by atoms with E-state index in [1.54, 1.807) is 12.0 Å². The molecule has 1 saturated heterocycles. The predicted molar refractivity (Wildman–Crippen MR) is 116 cm³/mol. The number of aromatic nitrogens is 1. The molecule has 1 aliphatic heterocycles. The van der Waals surface area contributed by atoms with E-state index < -0.39 is 0 Å². The monoisotopic (exact) mass is 399 g/mol. The van der Waals surface area contributed by atoms with Gasteiger partial charge in [0.1, 0.15) is 39.3 Å². The lowest BCUT2D eigenvalue weighted by Gasteiger charge is -2.29. The van der Waals surface area contributed by atoms with Crippen molar-refractivity contribution in [2.45, 2.75) is 40.3 Å². The van der Waals surface area contributed by atoms with Gasteiger partial charge in [0.15, 0.2) is 0 Å². The van der Waals surface area contributed by atoms with E-state index in [-0.39, 0.29) is 11.8 Å². The molecule has 1 aromatic heterocycles. The first-order chi connectivity index (χ1) is 13.9. The lowest BCUT2D eigenvalue weighted by Crippen LogP contribution is -3.27. The van der Waals surface area contributed by atoms with Crippen LogP contribution in [-0.2, 0) is 11.3 Å². The Morgan fingerprint density at radius 3 is 2.41 bits per heavy atom. The second-order valence-corrected chi connectivity index (χ2v) is 8.66. The Morgan fingerprint density at radius 2 is 1.76 bits per heavy atom. The summed E-state index contributed by atoms with van der Waals surface area (Å²) in [5.74, 6) is 0.270. The zero-order valence-corrected chi connectivity index (χ0v) is 18.7. The molecule has 0 unspecified atom stereocenters.